The van der Waals surface area contributed by atoms with Gasteiger partial charge >= 0.3 is 0 Å². The lowest BCUT2D eigenvalue weighted by Gasteiger charge is -2.13. The lowest BCUT2D eigenvalue weighted by atomic mass is 10.2. The number of rotatable bonds is 4. The van der Waals surface area contributed by atoms with E-state index in [1.807, 2.05) is 17.9 Å². The molecule has 1 N–H and O–H groups in total. The van der Waals surface area contributed by atoms with E-state index in [1.54, 1.807) is 18.6 Å². The lowest BCUT2D eigenvalue weighted by molar-refractivity contribution is 0.746. The zero-order valence-electron chi connectivity index (χ0n) is 10.4. The van der Waals surface area contributed by atoms with Gasteiger partial charge in [-0.15, -0.1) is 0 Å². The number of aromatic nitrogens is 4. The van der Waals surface area contributed by atoms with Crippen molar-refractivity contribution < 1.29 is 0 Å². The zero-order valence-corrected chi connectivity index (χ0v) is 10.4. The van der Waals surface area contributed by atoms with Crippen molar-refractivity contribution in [3.05, 3.63) is 36.2 Å². The van der Waals surface area contributed by atoms with E-state index < -0.39 is 0 Å². The maximum absolute atomic E-state index is 4.39. The van der Waals surface area contributed by atoms with Gasteiger partial charge in [-0.1, -0.05) is 6.92 Å². The molecule has 0 fully saturated rings. The summed E-state index contributed by atoms with van der Waals surface area (Å²) in [6.45, 7) is 4.16. The molecular formula is C12H17N5. The van der Waals surface area contributed by atoms with Gasteiger partial charge in [-0.25, -0.2) is 0 Å². The number of nitrogens with zero attached hydrogens (tertiary/aromatic N) is 4. The van der Waals surface area contributed by atoms with E-state index in [1.165, 1.54) is 0 Å². The average molecular weight is 231 g/mol. The SMILES string of the molecule is CCc1nn(C)cc1NC(C)c1cnccn1. The molecule has 0 aromatic carbocycles. The minimum absolute atomic E-state index is 0.123. The van der Waals surface area contributed by atoms with Crippen molar-refractivity contribution in [1.29, 1.82) is 0 Å². The van der Waals surface area contributed by atoms with E-state index in [0.29, 0.717) is 0 Å². The van der Waals surface area contributed by atoms with Gasteiger partial charge in [0, 0.05) is 25.6 Å². The van der Waals surface area contributed by atoms with E-state index >= 15 is 0 Å². The van der Waals surface area contributed by atoms with Crippen LogP contribution in [0.1, 0.15) is 31.3 Å². The molecule has 17 heavy (non-hydrogen) atoms. The molecule has 1 unspecified atom stereocenters. The molecular weight excluding hydrogens is 214 g/mol. The summed E-state index contributed by atoms with van der Waals surface area (Å²) in [6.07, 6.45) is 8.07. The Hall–Kier alpha value is -1.91. The fourth-order valence-electron chi connectivity index (χ4n) is 1.76. The summed E-state index contributed by atoms with van der Waals surface area (Å²) in [6, 6.07) is 0.123. The van der Waals surface area contributed by atoms with Gasteiger partial charge < -0.3 is 5.32 Å². The fourth-order valence-corrected chi connectivity index (χ4v) is 1.76. The highest BCUT2D eigenvalue weighted by Crippen LogP contribution is 2.20. The monoisotopic (exact) mass is 231 g/mol. The normalized spacial score (nSPS) is 12.4. The van der Waals surface area contributed by atoms with Crippen LogP contribution in [0, 0.1) is 0 Å². The minimum Gasteiger partial charge on any atom is -0.374 e. The first-order valence-electron chi connectivity index (χ1n) is 5.75. The Kier molecular flexibility index (Phi) is 3.37. The Balaban J connectivity index is 2.15. The van der Waals surface area contributed by atoms with Crippen LogP contribution < -0.4 is 5.32 Å². The van der Waals surface area contributed by atoms with Crippen LogP contribution in [-0.2, 0) is 13.5 Å². The van der Waals surface area contributed by atoms with Crippen LogP contribution in [0.2, 0.25) is 0 Å². The second kappa shape index (κ2) is 4.95. The van der Waals surface area contributed by atoms with Gasteiger partial charge in [0.2, 0.25) is 0 Å². The number of anilines is 1. The molecule has 0 aliphatic rings. The molecule has 0 aliphatic carbocycles. The largest absolute Gasteiger partial charge is 0.374 e. The molecule has 0 spiro atoms. The zero-order chi connectivity index (χ0) is 12.3. The van der Waals surface area contributed by atoms with Crippen LogP contribution in [0.5, 0.6) is 0 Å². The molecule has 5 heteroatoms. The summed E-state index contributed by atoms with van der Waals surface area (Å²) >= 11 is 0. The fraction of sp³-hybridized carbons (Fsp3) is 0.417. The predicted molar refractivity (Wildman–Crippen MR) is 66.7 cm³/mol. The highest BCUT2D eigenvalue weighted by Gasteiger charge is 2.11. The van der Waals surface area contributed by atoms with Crippen molar-refractivity contribution in [3.63, 3.8) is 0 Å². The smallest absolute Gasteiger partial charge is 0.0853 e. The summed E-state index contributed by atoms with van der Waals surface area (Å²) in [5.74, 6) is 0. The number of hydrogen-bond donors (Lipinski definition) is 1. The van der Waals surface area contributed by atoms with Crippen LogP contribution in [-0.4, -0.2) is 19.7 Å². The molecule has 2 rings (SSSR count). The van der Waals surface area contributed by atoms with Crippen LogP contribution in [0.4, 0.5) is 5.69 Å². The molecule has 0 bridgehead atoms. The molecule has 90 valence electrons. The first-order valence-corrected chi connectivity index (χ1v) is 5.75. The highest BCUT2D eigenvalue weighted by atomic mass is 15.3. The van der Waals surface area contributed by atoms with Gasteiger partial charge in [-0.05, 0) is 13.3 Å². The third-order valence-corrected chi connectivity index (χ3v) is 2.64. The Morgan fingerprint density at radius 1 is 1.41 bits per heavy atom. The number of aryl methyl sites for hydroxylation is 2. The van der Waals surface area contributed by atoms with Crippen LogP contribution in [0.3, 0.4) is 0 Å². The molecule has 0 radical (unpaired) electrons. The number of hydrogen-bond acceptors (Lipinski definition) is 4. The molecule has 1 atom stereocenters. The predicted octanol–water partition coefficient (Wildman–Crippen LogP) is 1.95. The summed E-state index contributed by atoms with van der Waals surface area (Å²) in [4.78, 5) is 8.36. The molecule has 2 aromatic heterocycles. The third kappa shape index (κ3) is 2.61. The molecule has 2 heterocycles. The van der Waals surface area contributed by atoms with Gasteiger partial charge in [-0.3, -0.25) is 14.6 Å². The first-order chi connectivity index (χ1) is 8.20. The maximum atomic E-state index is 4.39. The van der Waals surface area contributed by atoms with Crippen molar-refractivity contribution in [3.8, 4) is 0 Å². The Labute approximate surface area is 101 Å². The van der Waals surface area contributed by atoms with Crippen molar-refractivity contribution in [2.24, 2.45) is 7.05 Å². The topological polar surface area (TPSA) is 55.6 Å². The van der Waals surface area contributed by atoms with E-state index in [9.17, 15) is 0 Å². The first kappa shape index (κ1) is 11.6. The van der Waals surface area contributed by atoms with Crippen LogP contribution >= 0.6 is 0 Å². The molecule has 0 amide bonds. The van der Waals surface area contributed by atoms with Crippen LogP contribution in [0.25, 0.3) is 0 Å². The maximum Gasteiger partial charge on any atom is 0.0853 e. The van der Waals surface area contributed by atoms with Gasteiger partial charge in [-0.2, -0.15) is 5.10 Å². The van der Waals surface area contributed by atoms with Gasteiger partial charge in [0.25, 0.3) is 0 Å². The summed E-state index contributed by atoms with van der Waals surface area (Å²) in [5.41, 5.74) is 3.06. The second-order valence-electron chi connectivity index (χ2n) is 4.01. The van der Waals surface area contributed by atoms with Crippen molar-refractivity contribution >= 4 is 5.69 Å². The quantitative estimate of drug-likeness (QED) is 0.873. The summed E-state index contributed by atoms with van der Waals surface area (Å²) in [5, 5.41) is 7.81. The van der Waals surface area contributed by atoms with E-state index in [0.717, 1.165) is 23.5 Å². The van der Waals surface area contributed by atoms with E-state index in [-0.39, 0.29) is 6.04 Å². The molecule has 0 aliphatic heterocycles. The average Bonchev–Trinajstić information content (AvgIpc) is 2.70. The summed E-state index contributed by atoms with van der Waals surface area (Å²) in [7, 11) is 1.93. The van der Waals surface area contributed by atoms with E-state index in [2.05, 4.69) is 34.2 Å². The van der Waals surface area contributed by atoms with Gasteiger partial charge in [0.15, 0.2) is 0 Å². The Morgan fingerprint density at radius 2 is 2.24 bits per heavy atom. The second-order valence-corrected chi connectivity index (χ2v) is 4.01. The van der Waals surface area contributed by atoms with Crippen LogP contribution in [0.15, 0.2) is 24.8 Å². The minimum atomic E-state index is 0.123. The Bertz CT molecular complexity index is 477. The summed E-state index contributed by atoms with van der Waals surface area (Å²) < 4.78 is 1.82. The Morgan fingerprint density at radius 3 is 2.88 bits per heavy atom. The van der Waals surface area contributed by atoms with Crippen molar-refractivity contribution in [2.75, 3.05) is 5.32 Å². The van der Waals surface area contributed by atoms with Crippen molar-refractivity contribution in [1.82, 2.24) is 19.7 Å². The highest BCUT2D eigenvalue weighted by molar-refractivity contribution is 5.47. The standard InChI is InChI=1S/C12H17N5/c1-4-10-12(8-17(3)16-10)15-9(2)11-7-13-5-6-14-11/h5-9,15H,4H2,1-3H3. The number of nitrogens with one attached hydrogen (secondary N) is 1. The van der Waals surface area contributed by atoms with Crippen molar-refractivity contribution in [2.45, 2.75) is 26.3 Å². The molecule has 0 saturated carbocycles. The molecule has 5 nitrogen and oxygen atoms in total. The molecule has 0 saturated heterocycles. The third-order valence-electron chi connectivity index (χ3n) is 2.64. The van der Waals surface area contributed by atoms with Gasteiger partial charge in [0.1, 0.15) is 0 Å². The van der Waals surface area contributed by atoms with E-state index in [4.69, 9.17) is 0 Å². The van der Waals surface area contributed by atoms with Gasteiger partial charge in [0.05, 0.1) is 29.3 Å². The molecule has 2 aromatic rings. The lowest BCUT2D eigenvalue weighted by Crippen LogP contribution is -2.09.